The fraction of sp³-hybridized carbons (Fsp3) is 0.0833. The smallest absolute Gasteiger partial charge is 0.291 e. The zero-order valence-corrected chi connectivity index (χ0v) is 14.4. The fourth-order valence-corrected chi connectivity index (χ4v) is 2.96. The van der Waals surface area contributed by atoms with Crippen molar-refractivity contribution < 1.29 is 13.9 Å². The number of ether oxygens (including phenoxy) is 1. The molecule has 1 N–H and O–H groups in total. The van der Waals surface area contributed by atoms with Gasteiger partial charge in [0.2, 0.25) is 0 Å². The van der Waals surface area contributed by atoms with Crippen molar-refractivity contribution in [3.8, 4) is 5.75 Å². The van der Waals surface area contributed by atoms with Gasteiger partial charge in [0.1, 0.15) is 5.75 Å². The van der Waals surface area contributed by atoms with Gasteiger partial charge in [0.25, 0.3) is 5.91 Å². The Hall–Kier alpha value is -0.790. The van der Waals surface area contributed by atoms with E-state index in [0.29, 0.717) is 16.1 Å². The number of benzene rings is 1. The zero-order chi connectivity index (χ0) is 14.0. The molecule has 2 aromatic rings. The SMILES string of the molecule is COc1cc(NC(=O)c2ccc(Br)o2)c(Br)cc1Br. The highest BCUT2D eigenvalue weighted by atomic mass is 79.9. The maximum atomic E-state index is 12.0. The average Bonchev–Trinajstić information content (AvgIpc) is 2.79. The molecule has 1 heterocycles. The second-order valence-corrected chi connectivity index (χ2v) is 6.01. The summed E-state index contributed by atoms with van der Waals surface area (Å²) >= 11 is 9.89. The van der Waals surface area contributed by atoms with Crippen LogP contribution in [0.15, 0.2) is 42.3 Å². The number of hydrogen-bond donors (Lipinski definition) is 1. The molecule has 0 saturated heterocycles. The van der Waals surface area contributed by atoms with Crippen LogP contribution in [0.4, 0.5) is 5.69 Å². The summed E-state index contributed by atoms with van der Waals surface area (Å²) < 4.78 is 12.4. The van der Waals surface area contributed by atoms with Crippen molar-refractivity contribution in [2.75, 3.05) is 12.4 Å². The molecule has 0 fully saturated rings. The third-order valence-electron chi connectivity index (χ3n) is 2.29. The van der Waals surface area contributed by atoms with E-state index in [9.17, 15) is 4.79 Å². The van der Waals surface area contributed by atoms with Gasteiger partial charge in [-0.25, -0.2) is 0 Å². The fourth-order valence-electron chi connectivity index (χ4n) is 1.40. The molecule has 0 unspecified atom stereocenters. The van der Waals surface area contributed by atoms with E-state index >= 15 is 0 Å². The van der Waals surface area contributed by atoms with Crippen molar-refractivity contribution in [2.24, 2.45) is 0 Å². The van der Waals surface area contributed by atoms with Crippen LogP contribution in [-0.4, -0.2) is 13.0 Å². The Morgan fingerprint density at radius 3 is 2.53 bits per heavy atom. The van der Waals surface area contributed by atoms with Crippen LogP contribution in [0.3, 0.4) is 0 Å². The molecule has 0 spiro atoms. The molecule has 19 heavy (non-hydrogen) atoms. The van der Waals surface area contributed by atoms with Crippen molar-refractivity contribution in [1.82, 2.24) is 0 Å². The lowest BCUT2D eigenvalue weighted by molar-refractivity contribution is 0.0995. The van der Waals surface area contributed by atoms with E-state index in [1.165, 1.54) is 0 Å². The first kappa shape index (κ1) is 14.6. The number of halogens is 3. The first-order valence-electron chi connectivity index (χ1n) is 5.11. The van der Waals surface area contributed by atoms with Crippen LogP contribution in [0.1, 0.15) is 10.6 Å². The molecule has 0 aliphatic carbocycles. The van der Waals surface area contributed by atoms with Gasteiger partial charge < -0.3 is 14.5 Å². The molecular weight excluding hydrogens is 446 g/mol. The number of rotatable bonds is 3. The molecule has 0 atom stereocenters. The Balaban J connectivity index is 2.26. The van der Waals surface area contributed by atoms with Crippen molar-refractivity contribution in [1.29, 1.82) is 0 Å². The highest BCUT2D eigenvalue weighted by Crippen LogP contribution is 2.34. The second kappa shape index (κ2) is 6.11. The Morgan fingerprint density at radius 1 is 1.21 bits per heavy atom. The first-order valence-corrected chi connectivity index (χ1v) is 7.49. The Bertz CT molecular complexity index is 625. The molecular formula is C12H8Br3NO3. The number of nitrogens with one attached hydrogen (secondary N) is 1. The van der Waals surface area contributed by atoms with Crippen LogP contribution >= 0.6 is 47.8 Å². The number of carbonyl (C=O) groups excluding carboxylic acids is 1. The summed E-state index contributed by atoms with van der Waals surface area (Å²) in [6.07, 6.45) is 0. The standard InChI is InChI=1S/C12H8Br3NO3/c1-18-10-5-8(6(13)4-7(10)14)16-12(17)9-2-3-11(15)19-9/h2-5H,1H3,(H,16,17). The van der Waals surface area contributed by atoms with Gasteiger partial charge in [-0.15, -0.1) is 0 Å². The lowest BCUT2D eigenvalue weighted by Gasteiger charge is -2.10. The van der Waals surface area contributed by atoms with Crippen molar-refractivity contribution in [2.45, 2.75) is 0 Å². The maximum Gasteiger partial charge on any atom is 0.291 e. The number of anilines is 1. The average molecular weight is 454 g/mol. The highest BCUT2D eigenvalue weighted by molar-refractivity contribution is 9.11. The quantitative estimate of drug-likeness (QED) is 0.724. The Labute approximate surface area is 134 Å². The van der Waals surface area contributed by atoms with Crippen LogP contribution in [0.25, 0.3) is 0 Å². The molecule has 0 aliphatic heterocycles. The minimum Gasteiger partial charge on any atom is -0.495 e. The summed E-state index contributed by atoms with van der Waals surface area (Å²) in [4.78, 5) is 12.0. The van der Waals surface area contributed by atoms with Crippen molar-refractivity contribution in [3.05, 3.63) is 43.6 Å². The molecule has 0 radical (unpaired) electrons. The van der Waals surface area contributed by atoms with E-state index in [4.69, 9.17) is 9.15 Å². The van der Waals surface area contributed by atoms with Crippen LogP contribution in [0.2, 0.25) is 0 Å². The van der Waals surface area contributed by atoms with Gasteiger partial charge in [-0.2, -0.15) is 0 Å². The zero-order valence-electron chi connectivity index (χ0n) is 9.67. The van der Waals surface area contributed by atoms with Crippen molar-refractivity contribution in [3.63, 3.8) is 0 Å². The molecule has 1 aromatic heterocycles. The minimum absolute atomic E-state index is 0.223. The minimum atomic E-state index is -0.337. The summed E-state index contributed by atoms with van der Waals surface area (Å²) in [5.74, 6) is 0.510. The summed E-state index contributed by atoms with van der Waals surface area (Å²) in [6.45, 7) is 0. The van der Waals surface area contributed by atoms with Crippen molar-refractivity contribution >= 4 is 59.4 Å². The third kappa shape index (κ3) is 3.40. The monoisotopic (exact) mass is 451 g/mol. The predicted molar refractivity (Wildman–Crippen MR) is 82.8 cm³/mol. The van der Waals surface area contributed by atoms with E-state index in [1.807, 2.05) is 0 Å². The molecule has 1 amide bonds. The molecule has 0 aliphatic rings. The van der Waals surface area contributed by atoms with Crippen LogP contribution in [0, 0.1) is 0 Å². The lowest BCUT2D eigenvalue weighted by atomic mass is 10.3. The molecule has 1 aromatic carbocycles. The van der Waals surface area contributed by atoms with Gasteiger partial charge in [-0.3, -0.25) is 4.79 Å². The van der Waals surface area contributed by atoms with Gasteiger partial charge in [0.15, 0.2) is 10.4 Å². The Morgan fingerprint density at radius 2 is 1.95 bits per heavy atom. The summed E-state index contributed by atoms with van der Waals surface area (Å²) in [5, 5.41) is 2.74. The van der Waals surface area contributed by atoms with E-state index in [0.717, 1.165) is 8.95 Å². The van der Waals surface area contributed by atoms with Crippen LogP contribution in [0.5, 0.6) is 5.75 Å². The number of amides is 1. The van der Waals surface area contributed by atoms with Gasteiger partial charge >= 0.3 is 0 Å². The normalized spacial score (nSPS) is 10.3. The summed E-state index contributed by atoms with van der Waals surface area (Å²) in [5.41, 5.74) is 0.595. The van der Waals surface area contributed by atoms with E-state index in [-0.39, 0.29) is 11.7 Å². The molecule has 0 saturated carbocycles. The summed E-state index contributed by atoms with van der Waals surface area (Å²) in [7, 11) is 1.56. The van der Waals surface area contributed by atoms with Gasteiger partial charge in [-0.1, -0.05) is 0 Å². The first-order chi connectivity index (χ1) is 9.01. The van der Waals surface area contributed by atoms with Gasteiger partial charge in [-0.05, 0) is 66.0 Å². The van der Waals surface area contributed by atoms with E-state index < -0.39 is 0 Å². The molecule has 4 nitrogen and oxygen atoms in total. The molecule has 100 valence electrons. The number of carbonyl (C=O) groups is 1. The molecule has 2 rings (SSSR count). The molecule has 0 bridgehead atoms. The third-order valence-corrected chi connectivity index (χ3v) is 3.99. The lowest BCUT2D eigenvalue weighted by Crippen LogP contribution is -2.11. The van der Waals surface area contributed by atoms with Gasteiger partial charge in [0, 0.05) is 10.5 Å². The number of hydrogen-bond acceptors (Lipinski definition) is 3. The highest BCUT2D eigenvalue weighted by Gasteiger charge is 2.14. The van der Waals surface area contributed by atoms with Crippen LogP contribution < -0.4 is 10.1 Å². The molecule has 7 heteroatoms. The van der Waals surface area contributed by atoms with Gasteiger partial charge in [0.05, 0.1) is 17.3 Å². The predicted octanol–water partition coefficient (Wildman–Crippen LogP) is 4.83. The maximum absolute atomic E-state index is 12.0. The second-order valence-electron chi connectivity index (χ2n) is 3.52. The topological polar surface area (TPSA) is 51.5 Å². The summed E-state index contributed by atoms with van der Waals surface area (Å²) in [6, 6.07) is 6.76. The number of methoxy groups -OCH3 is 1. The van der Waals surface area contributed by atoms with Crippen LogP contribution in [-0.2, 0) is 0 Å². The largest absolute Gasteiger partial charge is 0.495 e. The number of furan rings is 1. The van der Waals surface area contributed by atoms with E-state index in [2.05, 4.69) is 53.1 Å². The Kier molecular flexibility index (Phi) is 4.70. The van der Waals surface area contributed by atoms with E-state index in [1.54, 1.807) is 31.4 Å².